The summed E-state index contributed by atoms with van der Waals surface area (Å²) in [5.41, 5.74) is -0.114. The van der Waals surface area contributed by atoms with Crippen LogP contribution in [-0.2, 0) is 22.3 Å². The number of para-hydroxylation sites is 1. The van der Waals surface area contributed by atoms with Crippen LogP contribution >= 0.6 is 0 Å². The maximum absolute atomic E-state index is 12.7. The number of alkyl halides is 3. The molecule has 0 aliphatic heterocycles. The van der Waals surface area contributed by atoms with Crippen LogP contribution in [0.1, 0.15) is 21.8 Å². The van der Waals surface area contributed by atoms with Crippen molar-refractivity contribution in [3.63, 3.8) is 0 Å². The van der Waals surface area contributed by atoms with Crippen LogP contribution in [0, 0.1) is 0 Å². The van der Waals surface area contributed by atoms with Gasteiger partial charge in [-0.15, -0.1) is 0 Å². The van der Waals surface area contributed by atoms with Gasteiger partial charge in [-0.1, -0.05) is 29.4 Å². The predicted octanol–water partition coefficient (Wildman–Crippen LogP) is 4.32. The van der Waals surface area contributed by atoms with E-state index in [4.69, 9.17) is 9.26 Å². The molecule has 1 aromatic heterocycles. The van der Waals surface area contributed by atoms with Gasteiger partial charge in [0, 0.05) is 12.6 Å². The lowest BCUT2D eigenvalue weighted by Gasteiger charge is -2.18. The van der Waals surface area contributed by atoms with Crippen LogP contribution in [0.15, 0.2) is 53.1 Å². The molecule has 8 nitrogen and oxygen atoms in total. The number of anilines is 1. The van der Waals surface area contributed by atoms with Crippen molar-refractivity contribution in [1.29, 1.82) is 0 Å². The lowest BCUT2D eigenvalue weighted by Crippen LogP contribution is -2.27. The number of halogens is 3. The molecule has 162 valence electrons. The summed E-state index contributed by atoms with van der Waals surface area (Å²) in [6.45, 7) is -0.372. The fourth-order valence-electron chi connectivity index (χ4n) is 2.62. The number of hydrogen-bond acceptors (Lipinski definition) is 7. The predicted molar refractivity (Wildman–Crippen MR) is 101 cm³/mol. The minimum Gasteiger partial charge on any atom is -0.452 e. The van der Waals surface area contributed by atoms with E-state index in [1.54, 1.807) is 18.2 Å². The van der Waals surface area contributed by atoms with Crippen molar-refractivity contribution in [2.75, 3.05) is 19.1 Å². The van der Waals surface area contributed by atoms with Crippen molar-refractivity contribution >= 4 is 17.7 Å². The summed E-state index contributed by atoms with van der Waals surface area (Å²) in [5.74, 6) is -0.756. The largest absolute Gasteiger partial charge is 0.452 e. The molecule has 0 saturated carbocycles. The van der Waals surface area contributed by atoms with Crippen molar-refractivity contribution in [3.8, 4) is 11.4 Å². The molecule has 0 bridgehead atoms. The minimum absolute atomic E-state index is 0.0469. The molecule has 0 atom stereocenters. The molecule has 0 saturated heterocycles. The Hall–Kier alpha value is -3.89. The zero-order valence-corrected chi connectivity index (χ0v) is 16.3. The van der Waals surface area contributed by atoms with Crippen molar-refractivity contribution in [2.24, 2.45) is 0 Å². The second-order valence-corrected chi connectivity index (χ2v) is 6.21. The Morgan fingerprint density at radius 3 is 2.42 bits per heavy atom. The molecule has 3 aromatic rings. The summed E-state index contributed by atoms with van der Waals surface area (Å²) in [6.07, 6.45) is -5.12. The quantitative estimate of drug-likeness (QED) is 0.551. The number of ether oxygens (including phenoxy) is 2. The van der Waals surface area contributed by atoms with Gasteiger partial charge in [-0.2, -0.15) is 18.2 Å². The Morgan fingerprint density at radius 1 is 1.10 bits per heavy atom. The van der Waals surface area contributed by atoms with Gasteiger partial charge in [0.25, 0.3) is 5.89 Å². The number of rotatable bonds is 5. The summed E-state index contributed by atoms with van der Waals surface area (Å²) in [5, 5.41) is 3.68. The first-order valence-electron chi connectivity index (χ1n) is 8.78. The highest BCUT2D eigenvalue weighted by molar-refractivity contribution is 6.00. The summed E-state index contributed by atoms with van der Waals surface area (Å²) >= 11 is 0. The van der Waals surface area contributed by atoms with E-state index in [1.165, 1.54) is 32.4 Å². The molecule has 1 heterocycles. The highest BCUT2D eigenvalue weighted by Crippen LogP contribution is 2.30. The first-order chi connectivity index (χ1) is 14.7. The van der Waals surface area contributed by atoms with Crippen LogP contribution in [0.25, 0.3) is 11.4 Å². The third-order valence-corrected chi connectivity index (χ3v) is 4.20. The third-order valence-electron chi connectivity index (χ3n) is 4.20. The molecular formula is C20H16F3N3O5. The van der Waals surface area contributed by atoms with Crippen LogP contribution in [0.3, 0.4) is 0 Å². The van der Waals surface area contributed by atoms with E-state index in [0.29, 0.717) is 5.56 Å². The molecule has 0 spiro atoms. The summed E-state index contributed by atoms with van der Waals surface area (Å²) < 4.78 is 52.8. The van der Waals surface area contributed by atoms with Crippen molar-refractivity contribution < 1.29 is 36.8 Å². The zero-order valence-electron chi connectivity index (χ0n) is 16.3. The Morgan fingerprint density at radius 2 is 1.77 bits per heavy atom. The Kier molecular flexibility index (Phi) is 6.23. The first-order valence-corrected chi connectivity index (χ1v) is 8.78. The van der Waals surface area contributed by atoms with Gasteiger partial charge in [0.05, 0.1) is 23.9 Å². The molecule has 0 aliphatic carbocycles. The number of esters is 1. The first kappa shape index (κ1) is 21.8. The van der Waals surface area contributed by atoms with E-state index in [2.05, 4.69) is 14.9 Å². The van der Waals surface area contributed by atoms with E-state index >= 15 is 0 Å². The van der Waals surface area contributed by atoms with Crippen LogP contribution in [0.5, 0.6) is 0 Å². The SMILES string of the molecule is COC(=O)N(C)c1ccccc1C(=O)OCc1nc(-c2ccc(C(F)(F)F)cc2)no1. The molecule has 0 fully saturated rings. The minimum atomic E-state index is -4.45. The standard InChI is InChI=1S/C20H16F3N3O5/c1-26(19(28)29-2)15-6-4-3-5-14(15)18(27)30-11-16-24-17(25-31-16)12-7-9-13(10-8-12)20(21,22)23/h3-10H,11H2,1-2H3. The summed E-state index contributed by atoms with van der Waals surface area (Å²) in [4.78, 5) is 29.4. The molecule has 1 amide bonds. The molecular weight excluding hydrogens is 419 g/mol. The second kappa shape index (κ2) is 8.86. The van der Waals surface area contributed by atoms with Gasteiger partial charge in [-0.05, 0) is 24.3 Å². The third kappa shape index (κ3) is 5.00. The number of nitrogens with zero attached hydrogens (tertiary/aromatic N) is 3. The normalized spacial score (nSPS) is 11.1. The average molecular weight is 435 g/mol. The second-order valence-electron chi connectivity index (χ2n) is 6.21. The van der Waals surface area contributed by atoms with Crippen LogP contribution < -0.4 is 4.90 Å². The van der Waals surface area contributed by atoms with E-state index in [-0.39, 0.29) is 29.6 Å². The summed E-state index contributed by atoms with van der Waals surface area (Å²) in [7, 11) is 2.65. The zero-order chi connectivity index (χ0) is 22.6. The number of methoxy groups -OCH3 is 1. The smallest absolute Gasteiger partial charge is 0.416 e. The topological polar surface area (TPSA) is 94.8 Å². The van der Waals surface area contributed by atoms with Crippen molar-refractivity contribution in [2.45, 2.75) is 12.8 Å². The number of aromatic nitrogens is 2. The highest BCUT2D eigenvalue weighted by atomic mass is 19.4. The number of benzene rings is 2. The fraction of sp³-hybridized carbons (Fsp3) is 0.200. The van der Waals surface area contributed by atoms with Gasteiger partial charge in [-0.3, -0.25) is 4.90 Å². The Balaban J connectivity index is 1.69. The molecule has 0 N–H and O–H groups in total. The lowest BCUT2D eigenvalue weighted by molar-refractivity contribution is -0.137. The maximum Gasteiger partial charge on any atom is 0.416 e. The van der Waals surface area contributed by atoms with Crippen molar-refractivity contribution in [1.82, 2.24) is 10.1 Å². The summed E-state index contributed by atoms with van der Waals surface area (Å²) in [6, 6.07) is 10.5. The van der Waals surface area contributed by atoms with Crippen LogP contribution in [0.4, 0.5) is 23.7 Å². The molecule has 0 aliphatic rings. The molecule has 2 aromatic carbocycles. The number of carbonyl (C=O) groups excluding carboxylic acids is 2. The van der Waals surface area contributed by atoms with Gasteiger partial charge in [0.15, 0.2) is 6.61 Å². The number of amides is 1. The number of carbonyl (C=O) groups is 2. The number of hydrogen-bond donors (Lipinski definition) is 0. The van der Waals surface area contributed by atoms with Crippen LogP contribution in [-0.4, -0.2) is 36.4 Å². The van der Waals surface area contributed by atoms with Gasteiger partial charge in [-0.25, -0.2) is 9.59 Å². The monoisotopic (exact) mass is 435 g/mol. The molecule has 3 rings (SSSR count). The van der Waals surface area contributed by atoms with Crippen LogP contribution in [0.2, 0.25) is 0 Å². The van der Waals surface area contributed by atoms with Gasteiger partial charge < -0.3 is 14.0 Å². The van der Waals surface area contributed by atoms with Gasteiger partial charge in [0.2, 0.25) is 5.82 Å². The van der Waals surface area contributed by atoms with E-state index < -0.39 is 23.8 Å². The molecule has 11 heteroatoms. The molecule has 31 heavy (non-hydrogen) atoms. The Labute approximate surface area is 174 Å². The van der Waals surface area contributed by atoms with Gasteiger partial charge >= 0.3 is 18.2 Å². The average Bonchev–Trinajstić information content (AvgIpc) is 3.25. The maximum atomic E-state index is 12.7. The highest BCUT2D eigenvalue weighted by Gasteiger charge is 2.30. The Bertz CT molecular complexity index is 1080. The van der Waals surface area contributed by atoms with Gasteiger partial charge in [0.1, 0.15) is 0 Å². The lowest BCUT2D eigenvalue weighted by atomic mass is 10.1. The van der Waals surface area contributed by atoms with E-state index in [9.17, 15) is 22.8 Å². The fourth-order valence-corrected chi connectivity index (χ4v) is 2.62. The molecule has 0 unspecified atom stereocenters. The van der Waals surface area contributed by atoms with E-state index in [1.807, 2.05) is 0 Å². The van der Waals surface area contributed by atoms with E-state index in [0.717, 1.165) is 17.0 Å². The van der Waals surface area contributed by atoms with Crippen molar-refractivity contribution in [3.05, 3.63) is 65.5 Å². The molecule has 0 radical (unpaired) electrons.